The molecule has 1 saturated heterocycles. The van der Waals surface area contributed by atoms with Gasteiger partial charge in [0.2, 0.25) is 0 Å². The van der Waals surface area contributed by atoms with E-state index in [4.69, 9.17) is 0 Å². The number of rotatable bonds is 8. The van der Waals surface area contributed by atoms with Crippen LogP contribution in [0.5, 0.6) is 0 Å². The summed E-state index contributed by atoms with van der Waals surface area (Å²) in [4.78, 5) is 40.1. The molecule has 7 nitrogen and oxygen atoms in total. The molecule has 8 heteroatoms. The maximum Gasteiger partial charge on any atom is 0.261 e. The average Bonchev–Trinajstić information content (AvgIpc) is 3.48. The highest BCUT2D eigenvalue weighted by molar-refractivity contribution is 7.07. The Bertz CT molecular complexity index is 1090. The van der Waals surface area contributed by atoms with Gasteiger partial charge in [-0.05, 0) is 60.7 Å². The first-order valence-corrected chi connectivity index (χ1v) is 12.8. The van der Waals surface area contributed by atoms with Crippen LogP contribution in [0, 0.1) is 0 Å². The van der Waals surface area contributed by atoms with E-state index in [1.165, 1.54) is 10.5 Å². The van der Waals surface area contributed by atoms with Crippen molar-refractivity contribution in [1.82, 2.24) is 19.8 Å². The summed E-state index contributed by atoms with van der Waals surface area (Å²) < 4.78 is 0. The molecular weight excluding hydrogens is 446 g/mol. The van der Waals surface area contributed by atoms with E-state index in [9.17, 15) is 9.59 Å². The number of aromatic nitrogens is 2. The van der Waals surface area contributed by atoms with Crippen LogP contribution >= 0.6 is 11.3 Å². The Hall–Kier alpha value is -3.10. The van der Waals surface area contributed by atoms with Gasteiger partial charge in [0.1, 0.15) is 6.33 Å². The number of piperidine rings is 1. The minimum atomic E-state index is -0.166. The molecule has 1 atom stereocenters. The van der Waals surface area contributed by atoms with Crippen molar-refractivity contribution in [2.75, 3.05) is 24.5 Å². The van der Waals surface area contributed by atoms with E-state index in [-0.39, 0.29) is 11.8 Å². The zero-order valence-electron chi connectivity index (χ0n) is 19.3. The van der Waals surface area contributed by atoms with E-state index < -0.39 is 0 Å². The number of nitrogens with zero attached hydrogens (tertiary/aromatic N) is 5. The molecular formula is C26H29N5O2S. The van der Waals surface area contributed by atoms with Crippen molar-refractivity contribution < 1.29 is 9.59 Å². The standard InChI is InChI=1S/C26H29N5O2S/c1-19(6-12-30-25(32)23-4-2-3-5-24(23)26(30)33)29-10-7-21(8-11-29)31(16-20-9-13-34-17-20)22-14-27-18-28-15-22/h2-5,9,13-15,17-19,21H,6-8,10-12,16H2,1H3. The fraction of sp³-hybridized carbons (Fsp3) is 0.385. The quantitative estimate of drug-likeness (QED) is 0.457. The summed E-state index contributed by atoms with van der Waals surface area (Å²) in [6.45, 7) is 5.49. The lowest BCUT2D eigenvalue weighted by atomic mass is 10.00. The average molecular weight is 476 g/mol. The summed E-state index contributed by atoms with van der Waals surface area (Å²) in [5.41, 5.74) is 3.42. The molecule has 2 aromatic heterocycles. The molecule has 34 heavy (non-hydrogen) atoms. The van der Waals surface area contributed by atoms with E-state index in [2.05, 4.69) is 43.5 Å². The number of anilines is 1. The number of imide groups is 1. The third kappa shape index (κ3) is 4.60. The minimum Gasteiger partial charge on any atom is -0.362 e. The molecule has 5 rings (SSSR count). The highest BCUT2D eigenvalue weighted by atomic mass is 32.1. The van der Waals surface area contributed by atoms with Crippen molar-refractivity contribution in [3.05, 3.63) is 76.5 Å². The number of benzene rings is 1. The monoisotopic (exact) mass is 475 g/mol. The van der Waals surface area contributed by atoms with Crippen LogP contribution in [0.4, 0.5) is 5.69 Å². The minimum absolute atomic E-state index is 0.166. The van der Waals surface area contributed by atoms with Crippen LogP contribution in [0.15, 0.2) is 59.8 Å². The molecule has 0 bridgehead atoms. The van der Waals surface area contributed by atoms with Gasteiger partial charge >= 0.3 is 0 Å². The number of hydrogen-bond acceptors (Lipinski definition) is 7. The van der Waals surface area contributed by atoms with Crippen molar-refractivity contribution in [1.29, 1.82) is 0 Å². The summed E-state index contributed by atoms with van der Waals surface area (Å²) in [6, 6.07) is 10.00. The van der Waals surface area contributed by atoms with E-state index in [0.717, 1.165) is 44.6 Å². The van der Waals surface area contributed by atoms with Gasteiger partial charge in [-0.15, -0.1) is 0 Å². The molecule has 176 valence electrons. The normalized spacial score (nSPS) is 17.7. The number of carbonyl (C=O) groups is 2. The molecule has 3 aromatic rings. The number of hydrogen-bond donors (Lipinski definition) is 0. The zero-order valence-corrected chi connectivity index (χ0v) is 20.2. The van der Waals surface area contributed by atoms with Crippen molar-refractivity contribution >= 4 is 28.8 Å². The van der Waals surface area contributed by atoms with Crippen LogP contribution in [-0.2, 0) is 6.54 Å². The summed E-state index contributed by atoms with van der Waals surface area (Å²) >= 11 is 1.72. The number of thiophene rings is 1. The van der Waals surface area contributed by atoms with Crippen molar-refractivity contribution in [3.8, 4) is 0 Å². The molecule has 4 heterocycles. The molecule has 0 aliphatic carbocycles. The van der Waals surface area contributed by atoms with E-state index in [0.29, 0.717) is 29.8 Å². The smallest absolute Gasteiger partial charge is 0.261 e. The topological polar surface area (TPSA) is 69.6 Å². The van der Waals surface area contributed by atoms with E-state index >= 15 is 0 Å². The van der Waals surface area contributed by atoms with Crippen LogP contribution in [0.1, 0.15) is 52.5 Å². The molecule has 1 aromatic carbocycles. The fourth-order valence-electron chi connectivity index (χ4n) is 5.03. The van der Waals surface area contributed by atoms with Crippen molar-refractivity contribution in [2.45, 2.75) is 44.8 Å². The van der Waals surface area contributed by atoms with Crippen molar-refractivity contribution in [3.63, 3.8) is 0 Å². The molecule has 2 amide bonds. The van der Waals surface area contributed by atoms with E-state index in [1.807, 2.05) is 24.5 Å². The Kier molecular flexibility index (Phi) is 6.69. The highest BCUT2D eigenvalue weighted by Crippen LogP contribution is 2.27. The Labute approximate surface area is 204 Å². The summed E-state index contributed by atoms with van der Waals surface area (Å²) in [7, 11) is 0. The molecule has 1 fully saturated rings. The Morgan fingerprint density at radius 2 is 1.74 bits per heavy atom. The maximum atomic E-state index is 12.7. The lowest BCUT2D eigenvalue weighted by Gasteiger charge is -2.41. The molecule has 2 aliphatic rings. The predicted octanol–water partition coefficient (Wildman–Crippen LogP) is 4.08. The number of likely N-dealkylation sites (tertiary alicyclic amines) is 1. The highest BCUT2D eigenvalue weighted by Gasteiger charge is 2.35. The van der Waals surface area contributed by atoms with Crippen LogP contribution < -0.4 is 4.90 Å². The molecule has 2 aliphatic heterocycles. The lowest BCUT2D eigenvalue weighted by molar-refractivity contribution is 0.0631. The van der Waals surface area contributed by atoms with Gasteiger partial charge in [-0.3, -0.25) is 14.5 Å². The first-order chi connectivity index (χ1) is 16.6. The van der Waals surface area contributed by atoms with Crippen LogP contribution in [0.2, 0.25) is 0 Å². The van der Waals surface area contributed by atoms with Gasteiger partial charge in [0.05, 0.1) is 29.2 Å². The van der Waals surface area contributed by atoms with E-state index in [1.54, 1.807) is 29.8 Å². The van der Waals surface area contributed by atoms with Gasteiger partial charge in [0, 0.05) is 38.3 Å². The number of carbonyl (C=O) groups excluding carboxylic acids is 2. The van der Waals surface area contributed by atoms with Crippen LogP contribution in [0.3, 0.4) is 0 Å². The second kappa shape index (κ2) is 10.0. The lowest BCUT2D eigenvalue weighted by Crippen LogP contribution is -2.48. The van der Waals surface area contributed by atoms with Gasteiger partial charge in [0.25, 0.3) is 11.8 Å². The molecule has 0 saturated carbocycles. The van der Waals surface area contributed by atoms with Gasteiger partial charge in [0.15, 0.2) is 0 Å². The van der Waals surface area contributed by atoms with Crippen LogP contribution in [-0.4, -0.2) is 63.3 Å². The first-order valence-electron chi connectivity index (χ1n) is 11.8. The van der Waals surface area contributed by atoms with Gasteiger partial charge in [-0.2, -0.15) is 11.3 Å². The maximum absolute atomic E-state index is 12.7. The second-order valence-corrected chi connectivity index (χ2v) is 9.85. The Balaban J connectivity index is 1.17. The van der Waals surface area contributed by atoms with Gasteiger partial charge in [-0.25, -0.2) is 9.97 Å². The van der Waals surface area contributed by atoms with Crippen LogP contribution in [0.25, 0.3) is 0 Å². The fourth-order valence-corrected chi connectivity index (χ4v) is 5.69. The summed E-state index contributed by atoms with van der Waals surface area (Å²) in [5, 5.41) is 4.32. The largest absolute Gasteiger partial charge is 0.362 e. The Morgan fingerprint density at radius 1 is 1.06 bits per heavy atom. The summed E-state index contributed by atoms with van der Waals surface area (Å²) in [5.74, 6) is -0.332. The first kappa shape index (κ1) is 22.7. The predicted molar refractivity (Wildman–Crippen MR) is 133 cm³/mol. The molecule has 1 unspecified atom stereocenters. The summed E-state index contributed by atoms with van der Waals surface area (Å²) in [6.07, 6.45) is 8.26. The van der Waals surface area contributed by atoms with Gasteiger partial charge in [-0.1, -0.05) is 12.1 Å². The number of amides is 2. The van der Waals surface area contributed by atoms with Gasteiger partial charge < -0.3 is 9.80 Å². The SMILES string of the molecule is CC(CCN1C(=O)c2ccccc2C1=O)N1CCC(N(Cc2ccsc2)c2cncnc2)CC1. The zero-order chi connectivity index (χ0) is 23.5. The third-order valence-electron chi connectivity index (χ3n) is 7.02. The molecule has 0 spiro atoms. The molecule has 0 N–H and O–H groups in total. The molecule has 0 radical (unpaired) electrons. The second-order valence-electron chi connectivity index (χ2n) is 9.07. The third-order valence-corrected chi connectivity index (χ3v) is 7.76. The van der Waals surface area contributed by atoms with Crippen molar-refractivity contribution in [2.24, 2.45) is 0 Å². The Morgan fingerprint density at radius 3 is 2.35 bits per heavy atom. The number of fused-ring (bicyclic) bond motifs is 1.